The van der Waals surface area contributed by atoms with E-state index in [1.165, 1.54) is 0 Å². The highest BCUT2D eigenvalue weighted by atomic mass is 16.5. The Morgan fingerprint density at radius 2 is 2.36 bits per heavy atom. The monoisotopic (exact) mass is 155 g/mol. The van der Waals surface area contributed by atoms with Crippen molar-refractivity contribution in [3.05, 3.63) is 12.7 Å². The number of hydrogen-bond donors (Lipinski definition) is 0. The molecular formula is C9H17NO. The molecule has 1 heterocycles. The van der Waals surface area contributed by atoms with Gasteiger partial charge in [0.15, 0.2) is 0 Å². The Bertz CT molecular complexity index is 142. The van der Waals surface area contributed by atoms with E-state index in [4.69, 9.17) is 4.74 Å². The summed E-state index contributed by atoms with van der Waals surface area (Å²) in [4.78, 5) is 2.39. The van der Waals surface area contributed by atoms with E-state index in [1.807, 2.05) is 6.08 Å². The molecule has 1 aliphatic heterocycles. The highest BCUT2D eigenvalue weighted by Crippen LogP contribution is 2.17. The molecule has 0 aromatic carbocycles. The molecule has 0 N–H and O–H groups in total. The van der Waals surface area contributed by atoms with Crippen LogP contribution in [0.4, 0.5) is 0 Å². The van der Waals surface area contributed by atoms with Gasteiger partial charge in [0, 0.05) is 18.6 Å². The molecule has 11 heavy (non-hydrogen) atoms. The fraction of sp³-hybridized carbons (Fsp3) is 0.778. The minimum Gasteiger partial charge on any atom is -0.378 e. The van der Waals surface area contributed by atoms with Crippen LogP contribution in [0.2, 0.25) is 0 Å². The third-order valence-electron chi connectivity index (χ3n) is 2.17. The fourth-order valence-electron chi connectivity index (χ4n) is 1.38. The standard InChI is InChI=1S/C9H17NO/c1-4-5-10-6-7-11-8-9(10,2)3/h4H,1,5-8H2,2-3H3. The molecule has 0 bridgehead atoms. The lowest BCUT2D eigenvalue weighted by atomic mass is 10.0. The van der Waals surface area contributed by atoms with Crippen LogP contribution in [-0.2, 0) is 4.74 Å². The molecular weight excluding hydrogens is 138 g/mol. The van der Waals surface area contributed by atoms with Crippen molar-refractivity contribution < 1.29 is 4.74 Å². The Balaban J connectivity index is 2.52. The first kappa shape index (κ1) is 8.75. The average molecular weight is 155 g/mol. The number of rotatable bonds is 2. The highest BCUT2D eigenvalue weighted by molar-refractivity contribution is 4.88. The molecule has 0 aromatic rings. The Hall–Kier alpha value is -0.340. The number of ether oxygens (including phenoxy) is 1. The van der Waals surface area contributed by atoms with Crippen molar-refractivity contribution >= 4 is 0 Å². The molecule has 0 amide bonds. The molecule has 1 saturated heterocycles. The van der Waals surface area contributed by atoms with E-state index in [1.54, 1.807) is 0 Å². The summed E-state index contributed by atoms with van der Waals surface area (Å²) in [7, 11) is 0. The van der Waals surface area contributed by atoms with Crippen LogP contribution in [0.15, 0.2) is 12.7 Å². The molecule has 64 valence electrons. The summed E-state index contributed by atoms with van der Waals surface area (Å²) in [6.45, 7) is 11.8. The lowest BCUT2D eigenvalue weighted by molar-refractivity contribution is -0.0450. The zero-order chi connectivity index (χ0) is 8.32. The quantitative estimate of drug-likeness (QED) is 0.557. The first-order chi connectivity index (χ1) is 5.17. The highest BCUT2D eigenvalue weighted by Gasteiger charge is 2.28. The molecule has 0 aliphatic carbocycles. The summed E-state index contributed by atoms with van der Waals surface area (Å²) in [6, 6.07) is 0. The van der Waals surface area contributed by atoms with Crippen molar-refractivity contribution in [2.24, 2.45) is 0 Å². The van der Waals surface area contributed by atoms with Gasteiger partial charge in [-0.1, -0.05) is 6.08 Å². The van der Waals surface area contributed by atoms with Gasteiger partial charge in [-0.3, -0.25) is 4.90 Å². The van der Waals surface area contributed by atoms with E-state index in [0.717, 1.165) is 26.3 Å². The lowest BCUT2D eigenvalue weighted by Gasteiger charge is -2.41. The van der Waals surface area contributed by atoms with Gasteiger partial charge in [0.25, 0.3) is 0 Å². The number of morpholine rings is 1. The average Bonchev–Trinajstić information content (AvgIpc) is 1.94. The third-order valence-corrected chi connectivity index (χ3v) is 2.17. The molecule has 0 radical (unpaired) electrons. The van der Waals surface area contributed by atoms with Crippen LogP contribution in [0, 0.1) is 0 Å². The van der Waals surface area contributed by atoms with Gasteiger partial charge in [-0.05, 0) is 13.8 Å². The van der Waals surface area contributed by atoms with Crippen LogP contribution in [-0.4, -0.2) is 36.7 Å². The van der Waals surface area contributed by atoms with E-state index in [9.17, 15) is 0 Å². The Morgan fingerprint density at radius 1 is 1.64 bits per heavy atom. The topological polar surface area (TPSA) is 12.5 Å². The Kier molecular flexibility index (Phi) is 2.68. The third kappa shape index (κ3) is 2.04. The van der Waals surface area contributed by atoms with Crippen LogP contribution in [0.5, 0.6) is 0 Å². The molecule has 1 rings (SSSR count). The maximum Gasteiger partial charge on any atom is 0.0645 e. The van der Waals surface area contributed by atoms with E-state index < -0.39 is 0 Å². The molecule has 0 unspecified atom stereocenters. The zero-order valence-corrected chi connectivity index (χ0v) is 7.47. The van der Waals surface area contributed by atoms with Crippen molar-refractivity contribution in [2.45, 2.75) is 19.4 Å². The first-order valence-electron chi connectivity index (χ1n) is 4.10. The Labute approximate surface area is 68.8 Å². The number of nitrogens with zero attached hydrogens (tertiary/aromatic N) is 1. The molecule has 1 aliphatic rings. The largest absolute Gasteiger partial charge is 0.378 e. The minimum absolute atomic E-state index is 0.187. The maximum absolute atomic E-state index is 5.39. The maximum atomic E-state index is 5.39. The molecule has 2 heteroatoms. The second-order valence-corrected chi connectivity index (χ2v) is 3.60. The summed E-state index contributed by atoms with van der Waals surface area (Å²) < 4.78 is 5.39. The normalized spacial score (nSPS) is 24.9. The van der Waals surface area contributed by atoms with Crippen LogP contribution in [0.25, 0.3) is 0 Å². The summed E-state index contributed by atoms with van der Waals surface area (Å²) >= 11 is 0. The second-order valence-electron chi connectivity index (χ2n) is 3.60. The second kappa shape index (κ2) is 3.37. The predicted molar refractivity (Wildman–Crippen MR) is 46.7 cm³/mol. The summed E-state index contributed by atoms with van der Waals surface area (Å²) in [5.74, 6) is 0. The van der Waals surface area contributed by atoms with Crippen LogP contribution in [0.3, 0.4) is 0 Å². The van der Waals surface area contributed by atoms with Gasteiger partial charge in [-0.15, -0.1) is 6.58 Å². The van der Waals surface area contributed by atoms with Crippen molar-refractivity contribution in [1.82, 2.24) is 4.90 Å². The van der Waals surface area contributed by atoms with Gasteiger partial charge in [0.05, 0.1) is 13.2 Å². The van der Waals surface area contributed by atoms with Gasteiger partial charge in [-0.25, -0.2) is 0 Å². The van der Waals surface area contributed by atoms with E-state index in [2.05, 4.69) is 25.3 Å². The first-order valence-corrected chi connectivity index (χ1v) is 4.10. The van der Waals surface area contributed by atoms with Crippen molar-refractivity contribution in [3.63, 3.8) is 0 Å². The van der Waals surface area contributed by atoms with E-state index in [0.29, 0.717) is 0 Å². The van der Waals surface area contributed by atoms with E-state index >= 15 is 0 Å². The van der Waals surface area contributed by atoms with Gasteiger partial charge in [-0.2, -0.15) is 0 Å². The molecule has 0 saturated carbocycles. The summed E-state index contributed by atoms with van der Waals surface area (Å²) in [5, 5.41) is 0. The molecule has 0 spiro atoms. The lowest BCUT2D eigenvalue weighted by Crippen LogP contribution is -2.52. The van der Waals surface area contributed by atoms with E-state index in [-0.39, 0.29) is 5.54 Å². The predicted octanol–water partition coefficient (Wildman–Crippen LogP) is 1.28. The fourth-order valence-corrected chi connectivity index (χ4v) is 1.38. The summed E-state index contributed by atoms with van der Waals surface area (Å²) in [6.07, 6.45) is 1.95. The van der Waals surface area contributed by atoms with Crippen molar-refractivity contribution in [1.29, 1.82) is 0 Å². The number of hydrogen-bond acceptors (Lipinski definition) is 2. The van der Waals surface area contributed by atoms with Crippen molar-refractivity contribution in [3.8, 4) is 0 Å². The molecule has 2 nitrogen and oxygen atoms in total. The zero-order valence-electron chi connectivity index (χ0n) is 7.47. The van der Waals surface area contributed by atoms with Gasteiger partial charge < -0.3 is 4.74 Å². The SMILES string of the molecule is C=CCN1CCOCC1(C)C. The van der Waals surface area contributed by atoms with Gasteiger partial charge in [0.1, 0.15) is 0 Å². The molecule has 0 aromatic heterocycles. The smallest absolute Gasteiger partial charge is 0.0645 e. The minimum atomic E-state index is 0.187. The van der Waals surface area contributed by atoms with Crippen LogP contribution in [0.1, 0.15) is 13.8 Å². The molecule has 1 fully saturated rings. The molecule has 0 atom stereocenters. The van der Waals surface area contributed by atoms with Crippen molar-refractivity contribution in [2.75, 3.05) is 26.3 Å². The summed E-state index contributed by atoms with van der Waals surface area (Å²) in [5.41, 5.74) is 0.187. The van der Waals surface area contributed by atoms with Gasteiger partial charge in [0.2, 0.25) is 0 Å². The van der Waals surface area contributed by atoms with Crippen LogP contribution < -0.4 is 0 Å². The van der Waals surface area contributed by atoms with Gasteiger partial charge >= 0.3 is 0 Å². The Morgan fingerprint density at radius 3 is 2.91 bits per heavy atom. The van der Waals surface area contributed by atoms with Crippen LogP contribution >= 0.6 is 0 Å².